The summed E-state index contributed by atoms with van der Waals surface area (Å²) >= 11 is 0. The van der Waals surface area contributed by atoms with Gasteiger partial charge in [-0.2, -0.15) is 0 Å². The van der Waals surface area contributed by atoms with Gasteiger partial charge in [0.25, 0.3) is 0 Å². The summed E-state index contributed by atoms with van der Waals surface area (Å²) in [7, 11) is -4.71. The van der Waals surface area contributed by atoms with Crippen molar-refractivity contribution in [1.29, 1.82) is 0 Å². The highest BCUT2D eigenvalue weighted by Crippen LogP contribution is 2.43. The summed E-state index contributed by atoms with van der Waals surface area (Å²) in [6.45, 7) is 2.72. The highest BCUT2D eigenvalue weighted by Gasteiger charge is 2.28. The van der Waals surface area contributed by atoms with E-state index in [1.807, 2.05) is 0 Å². The average molecular weight is 772 g/mol. The minimum atomic E-state index is -4.71. The number of nitrogens with two attached hydrogens (primary N) is 1. The Morgan fingerprint density at radius 1 is 0.585 bits per heavy atom. The van der Waals surface area contributed by atoms with Crippen LogP contribution < -0.4 is 5.73 Å². The minimum absolute atomic E-state index is 0.150. The molecule has 1 unspecified atom stereocenters. The number of aliphatic carboxylic acids is 1. The van der Waals surface area contributed by atoms with Crippen molar-refractivity contribution in [1.82, 2.24) is 0 Å². The van der Waals surface area contributed by atoms with Gasteiger partial charge in [0, 0.05) is 12.8 Å². The first-order chi connectivity index (χ1) is 25.6. The predicted molar refractivity (Wildman–Crippen MR) is 212 cm³/mol. The number of carboxylic acid groups (broad SMARTS) is 1. The lowest BCUT2D eigenvalue weighted by molar-refractivity contribution is -0.161. The van der Waals surface area contributed by atoms with Gasteiger partial charge in [-0.05, 0) is 70.6 Å². The van der Waals surface area contributed by atoms with Gasteiger partial charge in [-0.15, -0.1) is 0 Å². The number of carboxylic acids is 1. The van der Waals surface area contributed by atoms with Gasteiger partial charge in [-0.1, -0.05) is 127 Å². The van der Waals surface area contributed by atoms with Crippen LogP contribution in [0.15, 0.2) is 36.5 Å². The van der Waals surface area contributed by atoms with Crippen molar-refractivity contribution in [3.63, 3.8) is 0 Å². The van der Waals surface area contributed by atoms with Gasteiger partial charge in [0.15, 0.2) is 6.10 Å². The summed E-state index contributed by atoms with van der Waals surface area (Å²) in [5.74, 6) is -2.40. The van der Waals surface area contributed by atoms with Crippen molar-refractivity contribution in [3.8, 4) is 0 Å². The smallest absolute Gasteiger partial charge is 0.472 e. The van der Waals surface area contributed by atoms with Crippen molar-refractivity contribution in [2.75, 3.05) is 19.8 Å². The van der Waals surface area contributed by atoms with E-state index in [4.69, 9.17) is 24.8 Å². The lowest BCUT2D eigenvalue weighted by atomic mass is 10.1. The first-order valence-electron chi connectivity index (χ1n) is 20.5. The molecule has 12 heteroatoms. The van der Waals surface area contributed by atoms with Crippen LogP contribution in [0.2, 0.25) is 0 Å². The molecule has 0 fully saturated rings. The van der Waals surface area contributed by atoms with E-state index in [1.165, 1.54) is 57.8 Å². The fourth-order valence-electron chi connectivity index (χ4n) is 5.32. The molecular weight excluding hydrogens is 697 g/mol. The van der Waals surface area contributed by atoms with E-state index in [-0.39, 0.29) is 19.4 Å². The Hall–Kier alpha value is -2.30. The predicted octanol–water partition coefficient (Wildman–Crippen LogP) is 10.4. The zero-order valence-electron chi connectivity index (χ0n) is 33.1. The number of ether oxygens (including phenoxy) is 2. The van der Waals surface area contributed by atoms with Crippen LogP contribution in [0.25, 0.3) is 0 Å². The van der Waals surface area contributed by atoms with Crippen LogP contribution in [-0.2, 0) is 37.5 Å². The Bertz CT molecular complexity index is 1050. The first kappa shape index (κ1) is 50.7. The fourth-order valence-corrected chi connectivity index (χ4v) is 6.10. The Kier molecular flexibility index (Phi) is 35.1. The van der Waals surface area contributed by atoms with Crippen LogP contribution in [0.5, 0.6) is 0 Å². The molecule has 53 heavy (non-hydrogen) atoms. The maximum atomic E-state index is 12.6. The van der Waals surface area contributed by atoms with Gasteiger partial charge >= 0.3 is 25.7 Å². The van der Waals surface area contributed by atoms with Gasteiger partial charge in [0.05, 0.1) is 13.2 Å². The second kappa shape index (κ2) is 36.7. The van der Waals surface area contributed by atoms with Crippen molar-refractivity contribution < 1.29 is 47.5 Å². The summed E-state index contributed by atoms with van der Waals surface area (Å²) in [4.78, 5) is 45.8. The molecule has 0 radical (unpaired) electrons. The number of phosphoric ester groups is 1. The Balaban J connectivity index is 4.41. The largest absolute Gasteiger partial charge is 0.480 e. The molecule has 0 aromatic carbocycles. The monoisotopic (exact) mass is 772 g/mol. The summed E-state index contributed by atoms with van der Waals surface area (Å²) in [6, 6.07) is -1.52. The van der Waals surface area contributed by atoms with E-state index in [0.717, 1.165) is 77.0 Å². The molecule has 0 spiro atoms. The second-order valence-electron chi connectivity index (χ2n) is 13.8. The lowest BCUT2D eigenvalue weighted by Crippen LogP contribution is -2.34. The number of esters is 2. The van der Waals surface area contributed by atoms with Crippen LogP contribution in [0, 0.1) is 0 Å². The molecule has 0 aliphatic carbocycles. The molecular formula is C41H74NO10P. The number of hydrogen-bond acceptors (Lipinski definition) is 9. The van der Waals surface area contributed by atoms with Crippen molar-refractivity contribution >= 4 is 25.7 Å². The molecule has 0 saturated heterocycles. The number of allylic oxidation sites excluding steroid dienone is 6. The molecule has 0 aromatic rings. The third-order valence-electron chi connectivity index (χ3n) is 8.61. The molecule has 0 bridgehead atoms. The van der Waals surface area contributed by atoms with Gasteiger partial charge in [-0.25, -0.2) is 4.57 Å². The fraction of sp³-hybridized carbons (Fsp3) is 0.780. The molecule has 0 rings (SSSR count). The summed E-state index contributed by atoms with van der Waals surface area (Å²) in [5.41, 5.74) is 5.32. The maximum absolute atomic E-state index is 12.6. The van der Waals surface area contributed by atoms with E-state index >= 15 is 0 Å². The normalized spacial score (nSPS) is 14.2. The van der Waals surface area contributed by atoms with Crippen LogP contribution in [0.4, 0.5) is 0 Å². The molecule has 308 valence electrons. The van der Waals surface area contributed by atoms with Gasteiger partial charge in [0.2, 0.25) is 0 Å². The molecule has 11 nitrogen and oxygen atoms in total. The topological polar surface area (TPSA) is 172 Å². The number of phosphoric acid groups is 1. The van der Waals surface area contributed by atoms with Gasteiger partial charge < -0.3 is 25.2 Å². The van der Waals surface area contributed by atoms with E-state index < -0.39 is 51.1 Å². The lowest BCUT2D eigenvalue weighted by Gasteiger charge is -2.20. The second-order valence-corrected chi connectivity index (χ2v) is 15.2. The van der Waals surface area contributed by atoms with Crippen molar-refractivity contribution in [2.24, 2.45) is 5.73 Å². The zero-order chi connectivity index (χ0) is 39.3. The van der Waals surface area contributed by atoms with E-state index in [9.17, 15) is 23.8 Å². The van der Waals surface area contributed by atoms with Gasteiger partial charge in [-0.3, -0.25) is 23.4 Å². The van der Waals surface area contributed by atoms with Crippen molar-refractivity contribution in [3.05, 3.63) is 36.5 Å². The maximum Gasteiger partial charge on any atom is 0.472 e. The molecule has 0 aromatic heterocycles. The highest BCUT2D eigenvalue weighted by atomic mass is 31.2. The van der Waals surface area contributed by atoms with E-state index in [1.54, 1.807) is 0 Å². The Morgan fingerprint density at radius 3 is 1.49 bits per heavy atom. The SMILES string of the molecule is CCCCC/C=C/C/C=C/CCCCCCCCCC(=O)O[C@H](COC(=O)CCCCCCC/C=C/CCCCC)COP(=O)(O)OC[C@H](N)C(=O)O. The minimum Gasteiger partial charge on any atom is -0.480 e. The Labute approximate surface area is 321 Å². The number of hydrogen-bond donors (Lipinski definition) is 3. The number of carbonyl (C=O) groups is 3. The quantitative estimate of drug-likeness (QED) is 0.0236. The molecule has 0 aliphatic heterocycles. The molecule has 4 N–H and O–H groups in total. The number of rotatable bonds is 38. The molecule has 3 atom stereocenters. The number of unbranched alkanes of at least 4 members (excludes halogenated alkanes) is 18. The third-order valence-corrected chi connectivity index (χ3v) is 9.56. The summed E-state index contributed by atoms with van der Waals surface area (Å²) in [6.07, 6.45) is 37.8. The molecule has 0 amide bonds. The van der Waals surface area contributed by atoms with Crippen molar-refractivity contribution in [2.45, 2.75) is 187 Å². The molecule has 0 saturated carbocycles. The van der Waals surface area contributed by atoms with Crippen LogP contribution in [-0.4, -0.2) is 59.9 Å². The van der Waals surface area contributed by atoms with Crippen LogP contribution >= 0.6 is 7.82 Å². The first-order valence-corrected chi connectivity index (χ1v) is 22.0. The molecule has 0 aliphatic rings. The van der Waals surface area contributed by atoms with Crippen LogP contribution in [0.3, 0.4) is 0 Å². The van der Waals surface area contributed by atoms with Gasteiger partial charge in [0.1, 0.15) is 12.6 Å². The Morgan fingerprint density at radius 2 is 1.00 bits per heavy atom. The third kappa shape index (κ3) is 36.4. The summed E-state index contributed by atoms with van der Waals surface area (Å²) in [5, 5.41) is 8.87. The summed E-state index contributed by atoms with van der Waals surface area (Å²) < 4.78 is 32.6. The number of carbonyl (C=O) groups excluding carboxylic acids is 2. The highest BCUT2D eigenvalue weighted by molar-refractivity contribution is 7.47. The zero-order valence-corrected chi connectivity index (χ0v) is 34.0. The average Bonchev–Trinajstić information content (AvgIpc) is 3.13. The van der Waals surface area contributed by atoms with E-state index in [0.29, 0.717) is 12.8 Å². The molecule has 0 heterocycles. The van der Waals surface area contributed by atoms with Crippen LogP contribution in [0.1, 0.15) is 174 Å². The van der Waals surface area contributed by atoms with E-state index in [2.05, 4.69) is 54.8 Å². The standard InChI is InChI=1S/C41H74NO10P/c1-3-5-7-9-11-13-15-17-18-19-20-21-23-25-27-29-31-33-40(44)52-37(35-50-53(47,48)51-36-38(42)41(45)46)34-49-39(43)32-30-28-26-24-22-16-14-12-10-8-6-4-2/h11-14,17-18,37-38H,3-10,15-16,19-36,42H2,1-2H3,(H,45,46)(H,47,48)/b13-11+,14-12+,18-17+/t37-,38+/m1/s1.